The molecule has 0 fully saturated rings. The lowest BCUT2D eigenvalue weighted by molar-refractivity contribution is 0.596. The van der Waals surface area contributed by atoms with Crippen LogP contribution in [0.5, 0.6) is 0 Å². The van der Waals surface area contributed by atoms with E-state index in [1.807, 2.05) is 0 Å². The van der Waals surface area contributed by atoms with E-state index in [0.717, 1.165) is 0 Å². The molecule has 1 heterocycles. The quantitative estimate of drug-likeness (QED) is 0.677. The van der Waals surface area contributed by atoms with Crippen LogP contribution in [0.2, 0.25) is 0 Å². The Bertz CT molecular complexity index is 355. The molecule has 4 nitrogen and oxygen atoms in total. The Morgan fingerprint density at radius 3 is 2.25 bits per heavy atom. The molecule has 0 aliphatic rings. The average molecular weight is 186 g/mol. The molecule has 5 heteroatoms. The second-order valence-electron chi connectivity index (χ2n) is 2.37. The third-order valence-corrected chi connectivity index (χ3v) is 3.19. The maximum absolute atomic E-state index is 11.2. The van der Waals surface area contributed by atoms with E-state index in [4.69, 9.17) is 0 Å². The van der Waals surface area contributed by atoms with Crippen molar-refractivity contribution < 1.29 is 8.42 Å². The summed E-state index contributed by atoms with van der Waals surface area (Å²) in [6.07, 6.45) is 2.67. The van der Waals surface area contributed by atoms with Gasteiger partial charge in [0.15, 0.2) is 9.84 Å². The summed E-state index contributed by atoms with van der Waals surface area (Å²) in [6.45, 7) is 3.30. The smallest absolute Gasteiger partial charge is 0.181 e. The predicted octanol–water partition coefficient (Wildman–Crippen LogP) is 0.579. The van der Waals surface area contributed by atoms with Crippen molar-refractivity contribution in [2.24, 2.45) is 0 Å². The first-order valence-electron chi connectivity index (χ1n) is 3.57. The summed E-state index contributed by atoms with van der Waals surface area (Å²) in [5, 5.41) is 0. The van der Waals surface area contributed by atoms with Gasteiger partial charge in [-0.2, -0.15) is 0 Å². The molecular formula is C7H10N2O2S. The van der Waals surface area contributed by atoms with Gasteiger partial charge in [-0.3, -0.25) is 0 Å². The highest BCUT2D eigenvalue weighted by molar-refractivity contribution is 7.91. The zero-order valence-electron chi connectivity index (χ0n) is 6.98. The van der Waals surface area contributed by atoms with Gasteiger partial charge in [-0.05, 0) is 6.92 Å². The first kappa shape index (κ1) is 9.12. The van der Waals surface area contributed by atoms with Crippen molar-refractivity contribution in [3.05, 3.63) is 18.2 Å². The Kier molecular flexibility index (Phi) is 2.42. The molecule has 0 saturated heterocycles. The molecule has 0 aliphatic carbocycles. The van der Waals surface area contributed by atoms with Crippen molar-refractivity contribution in [2.75, 3.05) is 5.75 Å². The number of aromatic nitrogens is 2. The average Bonchev–Trinajstić information content (AvgIpc) is 2.05. The Morgan fingerprint density at radius 2 is 1.83 bits per heavy atom. The maximum Gasteiger partial charge on any atom is 0.181 e. The van der Waals surface area contributed by atoms with Gasteiger partial charge in [-0.1, -0.05) is 6.92 Å². The van der Waals surface area contributed by atoms with Crippen LogP contribution in [0.25, 0.3) is 0 Å². The Balaban J connectivity index is 3.14. The number of aryl methyl sites for hydroxylation is 1. The number of nitrogens with zero attached hydrogens (tertiary/aromatic N) is 2. The molecule has 1 aromatic rings. The minimum Gasteiger partial charge on any atom is -0.240 e. The van der Waals surface area contributed by atoms with Crippen LogP contribution in [0, 0.1) is 6.92 Å². The van der Waals surface area contributed by atoms with Gasteiger partial charge >= 0.3 is 0 Å². The van der Waals surface area contributed by atoms with Crippen molar-refractivity contribution in [2.45, 2.75) is 18.7 Å². The highest BCUT2D eigenvalue weighted by Gasteiger charge is 2.11. The minimum absolute atomic E-state index is 0.0828. The molecule has 12 heavy (non-hydrogen) atoms. The van der Waals surface area contributed by atoms with Gasteiger partial charge in [0.25, 0.3) is 0 Å². The molecule has 0 atom stereocenters. The lowest BCUT2D eigenvalue weighted by Crippen LogP contribution is -2.05. The standard InChI is InChI=1S/C7H10N2O2S/c1-3-12(10,11)7-4-8-6(2)9-5-7/h4-5H,3H2,1-2H3. The molecule has 0 saturated carbocycles. The zero-order valence-corrected chi connectivity index (χ0v) is 7.80. The Morgan fingerprint density at radius 1 is 1.33 bits per heavy atom. The Labute approximate surface area is 71.6 Å². The van der Waals surface area contributed by atoms with Crippen molar-refractivity contribution in [3.8, 4) is 0 Å². The Hall–Kier alpha value is -0.970. The van der Waals surface area contributed by atoms with Gasteiger partial charge in [-0.15, -0.1) is 0 Å². The maximum atomic E-state index is 11.2. The molecule has 0 amide bonds. The molecular weight excluding hydrogens is 176 g/mol. The molecule has 1 rings (SSSR count). The summed E-state index contributed by atoms with van der Waals surface area (Å²) in [4.78, 5) is 7.80. The fourth-order valence-corrected chi connectivity index (χ4v) is 1.47. The molecule has 0 bridgehead atoms. The van der Waals surface area contributed by atoms with E-state index >= 15 is 0 Å². The van der Waals surface area contributed by atoms with Gasteiger partial charge in [0, 0.05) is 12.4 Å². The van der Waals surface area contributed by atoms with Gasteiger partial charge in [0.05, 0.1) is 5.75 Å². The van der Waals surface area contributed by atoms with Crippen LogP contribution in [0.1, 0.15) is 12.7 Å². The van der Waals surface area contributed by atoms with Gasteiger partial charge in [0.2, 0.25) is 0 Å². The molecule has 66 valence electrons. The van der Waals surface area contributed by atoms with Crippen LogP contribution < -0.4 is 0 Å². The monoisotopic (exact) mass is 186 g/mol. The topological polar surface area (TPSA) is 59.9 Å². The summed E-state index contributed by atoms with van der Waals surface area (Å²) in [5.74, 6) is 0.657. The number of sulfone groups is 1. The molecule has 0 aliphatic heterocycles. The van der Waals surface area contributed by atoms with Gasteiger partial charge in [-0.25, -0.2) is 18.4 Å². The van der Waals surface area contributed by atoms with Crippen LogP contribution in [0.3, 0.4) is 0 Å². The van der Waals surface area contributed by atoms with E-state index in [1.165, 1.54) is 12.4 Å². The van der Waals surface area contributed by atoms with E-state index in [-0.39, 0.29) is 10.6 Å². The molecule has 0 N–H and O–H groups in total. The van der Waals surface area contributed by atoms with Crippen LogP contribution in [-0.2, 0) is 9.84 Å². The number of rotatable bonds is 2. The fraction of sp³-hybridized carbons (Fsp3) is 0.429. The third-order valence-electron chi connectivity index (χ3n) is 1.50. The third kappa shape index (κ3) is 1.79. The molecule has 0 aromatic carbocycles. The van der Waals surface area contributed by atoms with E-state index in [2.05, 4.69) is 9.97 Å². The van der Waals surface area contributed by atoms with Crippen LogP contribution in [-0.4, -0.2) is 24.1 Å². The van der Waals surface area contributed by atoms with Crippen LogP contribution in [0.15, 0.2) is 17.3 Å². The largest absolute Gasteiger partial charge is 0.240 e. The second kappa shape index (κ2) is 3.18. The summed E-state index contributed by atoms with van der Waals surface area (Å²) in [6, 6.07) is 0. The highest BCUT2D eigenvalue weighted by Crippen LogP contribution is 2.06. The van der Waals surface area contributed by atoms with Gasteiger partial charge < -0.3 is 0 Å². The fourth-order valence-electron chi connectivity index (χ4n) is 0.708. The van der Waals surface area contributed by atoms with Gasteiger partial charge in [0.1, 0.15) is 10.7 Å². The number of hydrogen-bond acceptors (Lipinski definition) is 4. The van der Waals surface area contributed by atoms with E-state index in [0.29, 0.717) is 5.82 Å². The normalized spacial score (nSPS) is 11.5. The summed E-state index contributed by atoms with van der Waals surface area (Å²) >= 11 is 0. The highest BCUT2D eigenvalue weighted by atomic mass is 32.2. The summed E-state index contributed by atoms with van der Waals surface area (Å²) in [7, 11) is -3.14. The first-order valence-corrected chi connectivity index (χ1v) is 5.23. The summed E-state index contributed by atoms with van der Waals surface area (Å²) < 4.78 is 22.5. The molecule has 0 spiro atoms. The van der Waals surface area contributed by atoms with Crippen LogP contribution >= 0.6 is 0 Å². The van der Waals surface area contributed by atoms with E-state index in [1.54, 1.807) is 13.8 Å². The van der Waals surface area contributed by atoms with E-state index < -0.39 is 9.84 Å². The van der Waals surface area contributed by atoms with Crippen molar-refractivity contribution in [1.82, 2.24) is 9.97 Å². The second-order valence-corrected chi connectivity index (χ2v) is 4.65. The summed E-state index contributed by atoms with van der Waals surface area (Å²) in [5.41, 5.74) is 0. The lowest BCUT2D eigenvalue weighted by Gasteiger charge is -1.98. The molecule has 1 aromatic heterocycles. The lowest BCUT2D eigenvalue weighted by atomic mass is 10.6. The van der Waals surface area contributed by atoms with Crippen molar-refractivity contribution >= 4 is 9.84 Å². The number of hydrogen-bond donors (Lipinski definition) is 0. The molecule has 0 radical (unpaired) electrons. The SMILES string of the molecule is CCS(=O)(=O)c1cnc(C)nc1. The van der Waals surface area contributed by atoms with Crippen molar-refractivity contribution in [3.63, 3.8) is 0 Å². The minimum atomic E-state index is -3.14. The van der Waals surface area contributed by atoms with E-state index in [9.17, 15) is 8.42 Å². The van der Waals surface area contributed by atoms with Crippen LogP contribution in [0.4, 0.5) is 0 Å². The molecule has 0 unspecified atom stereocenters. The zero-order chi connectivity index (χ0) is 9.19. The predicted molar refractivity (Wildman–Crippen MR) is 44.5 cm³/mol. The van der Waals surface area contributed by atoms with Crippen molar-refractivity contribution in [1.29, 1.82) is 0 Å². The first-order chi connectivity index (χ1) is 5.56.